The lowest BCUT2D eigenvalue weighted by Gasteiger charge is -2.40. The number of hydrogen-bond donors (Lipinski definition) is 1. The van der Waals surface area contributed by atoms with Crippen LogP contribution in [0.3, 0.4) is 0 Å². The molecule has 0 radical (unpaired) electrons. The zero-order chi connectivity index (χ0) is 13.7. The summed E-state index contributed by atoms with van der Waals surface area (Å²) >= 11 is 0. The summed E-state index contributed by atoms with van der Waals surface area (Å²) in [6, 6.07) is 0.537. The van der Waals surface area contributed by atoms with Crippen molar-refractivity contribution < 1.29 is 14.3 Å². The average Bonchev–Trinajstić information content (AvgIpc) is 2.64. The maximum Gasteiger partial charge on any atom is 0.307 e. The second-order valence-corrected chi connectivity index (χ2v) is 5.52. The first-order valence-corrected chi connectivity index (χ1v) is 7.30. The lowest BCUT2D eigenvalue weighted by Crippen LogP contribution is -2.48. The highest BCUT2D eigenvalue weighted by Crippen LogP contribution is 2.26. The second kappa shape index (κ2) is 6.89. The van der Waals surface area contributed by atoms with E-state index in [1.54, 1.807) is 0 Å². The van der Waals surface area contributed by atoms with E-state index in [1.165, 1.54) is 7.11 Å². The smallest absolute Gasteiger partial charge is 0.307 e. The molecule has 2 rings (SSSR count). The topological polar surface area (TPSA) is 58.6 Å². The fourth-order valence-corrected chi connectivity index (χ4v) is 3.24. The van der Waals surface area contributed by atoms with E-state index in [4.69, 9.17) is 4.74 Å². The van der Waals surface area contributed by atoms with Gasteiger partial charge in [-0.05, 0) is 32.2 Å². The molecule has 2 aliphatic heterocycles. The van der Waals surface area contributed by atoms with E-state index < -0.39 is 0 Å². The summed E-state index contributed by atoms with van der Waals surface area (Å²) in [5.74, 6) is -0.000125. The molecule has 5 heteroatoms. The standard InChI is InChI=1S/C14H24N2O3/c1-19-14(18)10-12-5-2-3-8-16(12)11-6-4-7-15-13(17)9-11/h11-12H,2-10H2,1H3,(H,15,17). The number of piperidine rings is 1. The van der Waals surface area contributed by atoms with Crippen LogP contribution in [-0.2, 0) is 14.3 Å². The first-order valence-electron chi connectivity index (χ1n) is 7.30. The predicted molar refractivity (Wildman–Crippen MR) is 71.6 cm³/mol. The quantitative estimate of drug-likeness (QED) is 0.778. The molecule has 0 aromatic rings. The molecule has 1 N–H and O–H groups in total. The Kier molecular flexibility index (Phi) is 5.19. The van der Waals surface area contributed by atoms with E-state index in [2.05, 4.69) is 10.2 Å². The summed E-state index contributed by atoms with van der Waals surface area (Å²) in [5, 5.41) is 2.92. The monoisotopic (exact) mass is 268 g/mol. The van der Waals surface area contributed by atoms with Crippen LogP contribution >= 0.6 is 0 Å². The van der Waals surface area contributed by atoms with Crippen molar-refractivity contribution in [2.24, 2.45) is 0 Å². The van der Waals surface area contributed by atoms with Gasteiger partial charge in [-0.15, -0.1) is 0 Å². The largest absolute Gasteiger partial charge is 0.469 e. The van der Waals surface area contributed by atoms with Gasteiger partial charge in [0.15, 0.2) is 0 Å². The molecular formula is C14H24N2O3. The molecule has 108 valence electrons. The second-order valence-electron chi connectivity index (χ2n) is 5.52. The minimum absolute atomic E-state index is 0.143. The third-order valence-electron chi connectivity index (χ3n) is 4.23. The number of likely N-dealkylation sites (tertiary alicyclic amines) is 1. The minimum atomic E-state index is -0.144. The Morgan fingerprint density at radius 2 is 2.21 bits per heavy atom. The molecule has 0 aromatic heterocycles. The van der Waals surface area contributed by atoms with Crippen LogP contribution < -0.4 is 5.32 Å². The van der Waals surface area contributed by atoms with Crippen molar-refractivity contribution in [1.82, 2.24) is 10.2 Å². The van der Waals surface area contributed by atoms with E-state index in [9.17, 15) is 9.59 Å². The normalized spacial score (nSPS) is 29.4. The number of ether oxygens (including phenoxy) is 1. The van der Waals surface area contributed by atoms with Crippen molar-refractivity contribution in [3.05, 3.63) is 0 Å². The fraction of sp³-hybridized carbons (Fsp3) is 0.857. The van der Waals surface area contributed by atoms with Gasteiger partial charge in [-0.3, -0.25) is 14.5 Å². The van der Waals surface area contributed by atoms with Crippen molar-refractivity contribution in [3.63, 3.8) is 0 Å². The maximum atomic E-state index is 11.7. The number of hydrogen-bond acceptors (Lipinski definition) is 4. The van der Waals surface area contributed by atoms with Crippen molar-refractivity contribution >= 4 is 11.9 Å². The molecule has 0 bridgehead atoms. The van der Waals surface area contributed by atoms with Crippen molar-refractivity contribution in [2.45, 2.75) is 57.0 Å². The van der Waals surface area contributed by atoms with Gasteiger partial charge in [0.2, 0.25) is 5.91 Å². The van der Waals surface area contributed by atoms with Crippen LogP contribution in [0.25, 0.3) is 0 Å². The van der Waals surface area contributed by atoms with Gasteiger partial charge < -0.3 is 10.1 Å². The Bertz CT molecular complexity index is 333. The van der Waals surface area contributed by atoms with Gasteiger partial charge in [-0.2, -0.15) is 0 Å². The molecule has 19 heavy (non-hydrogen) atoms. The Hall–Kier alpha value is -1.10. The van der Waals surface area contributed by atoms with Crippen LogP contribution in [0.5, 0.6) is 0 Å². The molecule has 2 aliphatic rings. The summed E-state index contributed by atoms with van der Waals surface area (Å²) in [6.07, 6.45) is 6.45. The summed E-state index contributed by atoms with van der Waals surface area (Å²) < 4.78 is 4.79. The van der Waals surface area contributed by atoms with E-state index in [0.717, 1.165) is 45.2 Å². The number of rotatable bonds is 3. The molecule has 0 saturated carbocycles. The Balaban J connectivity index is 2.00. The number of nitrogens with one attached hydrogen (secondary N) is 1. The third kappa shape index (κ3) is 3.93. The average molecular weight is 268 g/mol. The number of carbonyl (C=O) groups excluding carboxylic acids is 2. The van der Waals surface area contributed by atoms with Gasteiger partial charge in [-0.25, -0.2) is 0 Å². The van der Waals surface area contributed by atoms with Crippen molar-refractivity contribution in [1.29, 1.82) is 0 Å². The highest BCUT2D eigenvalue weighted by molar-refractivity contribution is 5.76. The minimum Gasteiger partial charge on any atom is -0.469 e. The number of amides is 1. The number of methoxy groups -OCH3 is 1. The van der Waals surface area contributed by atoms with Crippen LogP contribution in [0.4, 0.5) is 0 Å². The highest BCUT2D eigenvalue weighted by Gasteiger charge is 2.32. The lowest BCUT2D eigenvalue weighted by atomic mass is 9.94. The van der Waals surface area contributed by atoms with Gasteiger partial charge in [0.25, 0.3) is 0 Å². The SMILES string of the molecule is COC(=O)CC1CCCCN1C1CCCNC(=O)C1. The van der Waals surface area contributed by atoms with E-state index in [-0.39, 0.29) is 24.0 Å². The van der Waals surface area contributed by atoms with E-state index >= 15 is 0 Å². The predicted octanol–water partition coefficient (Wildman–Crippen LogP) is 1.07. The van der Waals surface area contributed by atoms with Gasteiger partial charge in [0, 0.05) is 25.0 Å². The highest BCUT2D eigenvalue weighted by atomic mass is 16.5. The first kappa shape index (κ1) is 14.3. The summed E-state index contributed by atoms with van der Waals surface area (Å²) in [6.45, 7) is 1.78. The first-order chi connectivity index (χ1) is 9.20. The van der Waals surface area contributed by atoms with E-state index in [1.807, 2.05) is 0 Å². The molecule has 1 amide bonds. The molecule has 0 aromatic carbocycles. The van der Waals surface area contributed by atoms with Crippen LogP contribution in [0, 0.1) is 0 Å². The lowest BCUT2D eigenvalue weighted by molar-refractivity contribution is -0.142. The van der Waals surface area contributed by atoms with Gasteiger partial charge in [0.05, 0.1) is 13.5 Å². The Labute approximate surface area is 114 Å². The number of esters is 1. The third-order valence-corrected chi connectivity index (χ3v) is 4.23. The summed E-state index contributed by atoms with van der Waals surface area (Å²) in [5.41, 5.74) is 0. The van der Waals surface area contributed by atoms with Gasteiger partial charge in [0.1, 0.15) is 0 Å². The van der Waals surface area contributed by atoms with Crippen LogP contribution in [-0.4, -0.2) is 49.1 Å². The van der Waals surface area contributed by atoms with Crippen LogP contribution in [0.15, 0.2) is 0 Å². The zero-order valence-electron chi connectivity index (χ0n) is 11.7. The number of carbonyl (C=O) groups is 2. The summed E-state index contributed by atoms with van der Waals surface area (Å²) in [4.78, 5) is 25.6. The molecule has 5 nitrogen and oxygen atoms in total. The van der Waals surface area contributed by atoms with Gasteiger partial charge >= 0.3 is 5.97 Å². The van der Waals surface area contributed by atoms with Crippen molar-refractivity contribution in [2.75, 3.05) is 20.2 Å². The maximum absolute atomic E-state index is 11.7. The molecule has 2 fully saturated rings. The fourth-order valence-electron chi connectivity index (χ4n) is 3.24. The Morgan fingerprint density at radius 3 is 3.00 bits per heavy atom. The van der Waals surface area contributed by atoms with E-state index in [0.29, 0.717) is 12.8 Å². The molecule has 2 atom stereocenters. The van der Waals surface area contributed by atoms with Crippen LogP contribution in [0.2, 0.25) is 0 Å². The molecule has 2 heterocycles. The molecular weight excluding hydrogens is 244 g/mol. The van der Waals surface area contributed by atoms with Crippen LogP contribution in [0.1, 0.15) is 44.9 Å². The summed E-state index contributed by atoms with van der Waals surface area (Å²) in [7, 11) is 1.44. The molecule has 2 saturated heterocycles. The van der Waals surface area contributed by atoms with Gasteiger partial charge in [-0.1, -0.05) is 6.42 Å². The zero-order valence-corrected chi connectivity index (χ0v) is 11.7. The number of nitrogens with zero attached hydrogens (tertiary/aromatic N) is 1. The Morgan fingerprint density at radius 1 is 1.37 bits per heavy atom. The molecule has 2 unspecified atom stereocenters. The molecule has 0 spiro atoms. The van der Waals surface area contributed by atoms with Crippen molar-refractivity contribution in [3.8, 4) is 0 Å². The molecule has 0 aliphatic carbocycles.